The molecule has 1 rings (SSSR count). The second-order valence-corrected chi connectivity index (χ2v) is 8.96. The molecule has 0 saturated heterocycles. The molecular formula is C27H45F3. The molecule has 1 aromatic rings. The molecule has 0 N–H and O–H groups in total. The summed E-state index contributed by atoms with van der Waals surface area (Å²) in [5, 5.41) is 0. The van der Waals surface area contributed by atoms with E-state index in [4.69, 9.17) is 0 Å². The lowest BCUT2D eigenvalue weighted by Gasteiger charge is -2.08. The van der Waals surface area contributed by atoms with Gasteiger partial charge in [0.1, 0.15) is 0 Å². The van der Waals surface area contributed by atoms with Gasteiger partial charge < -0.3 is 0 Å². The number of benzene rings is 1. The molecule has 0 nitrogen and oxygen atoms in total. The fourth-order valence-electron chi connectivity index (χ4n) is 4.13. The van der Waals surface area contributed by atoms with Crippen LogP contribution in [0.1, 0.15) is 134 Å². The van der Waals surface area contributed by atoms with Crippen molar-refractivity contribution in [2.24, 2.45) is 0 Å². The Bertz CT molecular complexity index is 507. The lowest BCUT2D eigenvalue weighted by Crippen LogP contribution is -2.05. The molecule has 1 aromatic carbocycles. The van der Waals surface area contributed by atoms with E-state index in [0.29, 0.717) is 0 Å². The van der Waals surface area contributed by atoms with Crippen molar-refractivity contribution >= 4 is 0 Å². The molecule has 0 bridgehead atoms. The third-order valence-corrected chi connectivity index (χ3v) is 6.07. The molecule has 0 aromatic heterocycles. The Morgan fingerprint density at radius 3 is 1.37 bits per heavy atom. The smallest absolute Gasteiger partial charge is 0.166 e. The third kappa shape index (κ3) is 14.9. The van der Waals surface area contributed by atoms with E-state index in [9.17, 15) is 13.2 Å². The first-order valence-electron chi connectivity index (χ1n) is 12.7. The minimum absolute atomic E-state index is 0.526. The van der Waals surface area contributed by atoms with Crippen LogP contribution < -0.4 is 0 Å². The lowest BCUT2D eigenvalue weighted by molar-refractivity contribution is -0.137. The maximum atomic E-state index is 12.7. The highest BCUT2D eigenvalue weighted by atomic mass is 19.4. The zero-order valence-corrected chi connectivity index (χ0v) is 19.4. The van der Waals surface area contributed by atoms with Crippen LogP contribution in [0.5, 0.6) is 0 Å². The van der Waals surface area contributed by atoms with Crippen molar-refractivity contribution in [1.29, 1.82) is 0 Å². The molecule has 0 aliphatic rings. The van der Waals surface area contributed by atoms with Crippen molar-refractivity contribution in [2.45, 2.75) is 135 Å². The Morgan fingerprint density at radius 1 is 0.567 bits per heavy atom. The summed E-state index contributed by atoms with van der Waals surface area (Å²) in [6.45, 7) is 2.27. The van der Waals surface area contributed by atoms with E-state index >= 15 is 0 Å². The molecule has 0 atom stereocenters. The Labute approximate surface area is 184 Å². The fourth-order valence-corrected chi connectivity index (χ4v) is 4.13. The normalized spacial score (nSPS) is 11.9. The zero-order chi connectivity index (χ0) is 21.9. The molecule has 3 heteroatoms. The SMILES string of the molecule is CCCCCCCCCCCCCCCCCCCCc1cccc(C(F)(F)F)c1. The van der Waals surface area contributed by atoms with E-state index in [1.54, 1.807) is 0 Å². The number of hydrogen-bond acceptors (Lipinski definition) is 0. The number of halogens is 3. The number of aryl methyl sites for hydroxylation is 1. The molecule has 0 heterocycles. The topological polar surface area (TPSA) is 0 Å². The molecule has 0 unspecified atom stereocenters. The first kappa shape index (κ1) is 27.0. The standard InChI is InChI=1S/C27H45F3/c1-2-3-4-5-6-7-8-9-10-11-12-13-14-15-16-17-18-19-21-25-22-20-23-26(24-25)27(28,29)30/h20,22-24H,2-19,21H2,1H3. The van der Waals surface area contributed by atoms with Gasteiger partial charge in [0.05, 0.1) is 5.56 Å². The van der Waals surface area contributed by atoms with E-state index in [1.165, 1.54) is 115 Å². The highest BCUT2D eigenvalue weighted by Crippen LogP contribution is 2.29. The van der Waals surface area contributed by atoms with Gasteiger partial charge in [-0.15, -0.1) is 0 Å². The minimum atomic E-state index is -4.23. The van der Waals surface area contributed by atoms with E-state index in [1.807, 2.05) is 6.07 Å². The highest BCUT2D eigenvalue weighted by Gasteiger charge is 2.30. The van der Waals surface area contributed by atoms with Crippen molar-refractivity contribution in [3.05, 3.63) is 35.4 Å². The second kappa shape index (κ2) is 17.7. The number of alkyl halides is 3. The van der Waals surface area contributed by atoms with E-state index in [-0.39, 0.29) is 0 Å². The van der Waals surface area contributed by atoms with Crippen LogP contribution in [-0.4, -0.2) is 0 Å². The first-order chi connectivity index (χ1) is 14.5. The van der Waals surface area contributed by atoms with Gasteiger partial charge in [0.15, 0.2) is 0 Å². The van der Waals surface area contributed by atoms with Crippen molar-refractivity contribution in [3.8, 4) is 0 Å². The van der Waals surface area contributed by atoms with Crippen LogP contribution in [0.2, 0.25) is 0 Å². The second-order valence-electron chi connectivity index (χ2n) is 8.96. The summed E-state index contributed by atoms with van der Waals surface area (Å²) in [6.07, 6.45) is 20.6. The molecule has 30 heavy (non-hydrogen) atoms. The number of hydrogen-bond donors (Lipinski definition) is 0. The first-order valence-corrected chi connectivity index (χ1v) is 12.7. The number of unbranched alkanes of at least 4 members (excludes halogenated alkanes) is 17. The van der Waals surface area contributed by atoms with Gasteiger partial charge in [0.25, 0.3) is 0 Å². The summed E-state index contributed by atoms with van der Waals surface area (Å²) in [5.41, 5.74) is 0.281. The molecule has 0 aliphatic heterocycles. The van der Waals surface area contributed by atoms with Crippen LogP contribution in [0.4, 0.5) is 13.2 Å². The fraction of sp³-hybridized carbons (Fsp3) is 0.778. The van der Waals surface area contributed by atoms with Gasteiger partial charge in [-0.25, -0.2) is 0 Å². The van der Waals surface area contributed by atoms with Crippen LogP contribution in [0, 0.1) is 0 Å². The molecule has 0 amide bonds. The minimum Gasteiger partial charge on any atom is -0.166 e. The van der Waals surface area contributed by atoms with Crippen LogP contribution in [0.25, 0.3) is 0 Å². The molecule has 0 saturated carbocycles. The monoisotopic (exact) mass is 426 g/mol. The Kier molecular flexibility index (Phi) is 15.9. The summed E-state index contributed by atoms with van der Waals surface area (Å²) in [5.74, 6) is 0. The van der Waals surface area contributed by atoms with Crippen molar-refractivity contribution < 1.29 is 13.2 Å². The predicted octanol–water partition coefficient (Wildman–Crippen LogP) is 10.3. The number of rotatable bonds is 19. The lowest BCUT2D eigenvalue weighted by atomic mass is 10.0. The van der Waals surface area contributed by atoms with Gasteiger partial charge in [-0.2, -0.15) is 13.2 Å². The van der Waals surface area contributed by atoms with E-state index in [2.05, 4.69) is 6.92 Å². The molecule has 0 spiro atoms. The zero-order valence-electron chi connectivity index (χ0n) is 19.4. The maximum absolute atomic E-state index is 12.7. The van der Waals surface area contributed by atoms with Crippen LogP contribution in [0.15, 0.2) is 24.3 Å². The average Bonchev–Trinajstić information content (AvgIpc) is 2.72. The quantitative estimate of drug-likeness (QED) is 0.193. The van der Waals surface area contributed by atoms with E-state index in [0.717, 1.165) is 30.9 Å². The summed E-state index contributed by atoms with van der Waals surface area (Å²) < 4.78 is 38.2. The summed E-state index contributed by atoms with van der Waals surface area (Å²) in [4.78, 5) is 0. The van der Waals surface area contributed by atoms with Gasteiger partial charge >= 0.3 is 6.18 Å². The summed E-state index contributed by atoms with van der Waals surface area (Å²) >= 11 is 0. The van der Waals surface area contributed by atoms with Gasteiger partial charge in [0, 0.05) is 0 Å². The molecule has 0 fully saturated rings. The van der Waals surface area contributed by atoms with Crippen LogP contribution in [-0.2, 0) is 12.6 Å². The van der Waals surface area contributed by atoms with Gasteiger partial charge in [-0.05, 0) is 24.5 Å². The van der Waals surface area contributed by atoms with Gasteiger partial charge in [0.2, 0.25) is 0 Å². The van der Waals surface area contributed by atoms with Crippen molar-refractivity contribution in [1.82, 2.24) is 0 Å². The molecule has 0 radical (unpaired) electrons. The van der Waals surface area contributed by atoms with E-state index < -0.39 is 11.7 Å². The van der Waals surface area contributed by atoms with Crippen LogP contribution in [0.3, 0.4) is 0 Å². The van der Waals surface area contributed by atoms with Crippen molar-refractivity contribution in [2.75, 3.05) is 0 Å². The average molecular weight is 427 g/mol. The third-order valence-electron chi connectivity index (χ3n) is 6.07. The summed E-state index contributed by atoms with van der Waals surface area (Å²) in [7, 11) is 0. The van der Waals surface area contributed by atoms with Gasteiger partial charge in [-0.1, -0.05) is 134 Å². The Hall–Kier alpha value is -0.990. The largest absolute Gasteiger partial charge is 0.416 e. The van der Waals surface area contributed by atoms with Crippen molar-refractivity contribution in [3.63, 3.8) is 0 Å². The predicted molar refractivity (Wildman–Crippen MR) is 124 cm³/mol. The molecule has 0 aliphatic carbocycles. The highest BCUT2D eigenvalue weighted by molar-refractivity contribution is 5.25. The Balaban J connectivity index is 1.83. The molecular weight excluding hydrogens is 381 g/mol. The molecule has 174 valence electrons. The van der Waals surface area contributed by atoms with Gasteiger partial charge in [-0.3, -0.25) is 0 Å². The maximum Gasteiger partial charge on any atom is 0.416 e. The Morgan fingerprint density at radius 2 is 0.967 bits per heavy atom. The summed E-state index contributed by atoms with van der Waals surface area (Å²) in [6, 6.07) is 5.78. The van der Waals surface area contributed by atoms with Crippen LogP contribution >= 0.6 is 0 Å².